The molecule has 1 aromatic rings. The van der Waals surface area contributed by atoms with Crippen LogP contribution in [0.3, 0.4) is 0 Å². The number of hydrogen-bond acceptors (Lipinski definition) is 4. The number of thioether (sulfide) groups is 1. The van der Waals surface area contributed by atoms with Crippen molar-refractivity contribution < 1.29 is 9.53 Å². The van der Waals surface area contributed by atoms with E-state index >= 15 is 0 Å². The van der Waals surface area contributed by atoms with Crippen molar-refractivity contribution in [3.8, 4) is 0 Å². The predicted molar refractivity (Wildman–Crippen MR) is 70.3 cm³/mol. The van der Waals surface area contributed by atoms with Crippen LogP contribution in [0.4, 0.5) is 5.69 Å². The van der Waals surface area contributed by atoms with Gasteiger partial charge < -0.3 is 10.1 Å². The molecule has 0 fully saturated rings. The molecule has 0 saturated carbocycles. The SMILES string of the molecule is CCOC(=O)C(Cl)=C1CNc2ccccc2S1. The Balaban J connectivity index is 2.22. The van der Waals surface area contributed by atoms with Crippen molar-refractivity contribution in [1.29, 1.82) is 0 Å². The Morgan fingerprint density at radius 3 is 3.06 bits per heavy atom. The Kier molecular flexibility index (Phi) is 3.97. The molecule has 1 aliphatic heterocycles. The summed E-state index contributed by atoms with van der Waals surface area (Å²) >= 11 is 7.50. The summed E-state index contributed by atoms with van der Waals surface area (Å²) in [6, 6.07) is 7.90. The van der Waals surface area contributed by atoms with Crippen molar-refractivity contribution >= 4 is 35.0 Å². The minimum absolute atomic E-state index is 0.166. The fourth-order valence-electron chi connectivity index (χ4n) is 1.48. The average molecular weight is 270 g/mol. The van der Waals surface area contributed by atoms with E-state index in [9.17, 15) is 4.79 Å². The zero-order chi connectivity index (χ0) is 12.3. The highest BCUT2D eigenvalue weighted by Crippen LogP contribution is 2.39. The summed E-state index contributed by atoms with van der Waals surface area (Å²) in [5.74, 6) is -0.460. The number of nitrogens with one attached hydrogen (secondary N) is 1. The molecule has 0 saturated heterocycles. The Bertz CT molecular complexity index is 473. The standard InChI is InChI=1S/C12H12ClNO2S/c1-2-16-12(15)11(13)10-7-14-8-5-3-4-6-9(8)17-10/h3-6,14H,2,7H2,1H3. The number of ether oxygens (including phenoxy) is 1. The van der Waals surface area contributed by atoms with Gasteiger partial charge in [-0.2, -0.15) is 0 Å². The normalized spacial score (nSPS) is 16.8. The van der Waals surface area contributed by atoms with Crippen molar-refractivity contribution in [2.75, 3.05) is 18.5 Å². The number of benzene rings is 1. The third kappa shape index (κ3) is 2.76. The van der Waals surface area contributed by atoms with E-state index in [0.29, 0.717) is 13.2 Å². The first-order chi connectivity index (χ1) is 8.22. The number of anilines is 1. The minimum Gasteiger partial charge on any atom is -0.462 e. The van der Waals surface area contributed by atoms with Crippen LogP contribution in [0.1, 0.15) is 6.92 Å². The molecule has 0 aliphatic carbocycles. The van der Waals surface area contributed by atoms with Crippen LogP contribution in [0.2, 0.25) is 0 Å². The van der Waals surface area contributed by atoms with Crippen LogP contribution in [-0.2, 0) is 9.53 Å². The maximum Gasteiger partial charge on any atom is 0.350 e. The van der Waals surface area contributed by atoms with Gasteiger partial charge in [0.2, 0.25) is 0 Å². The lowest BCUT2D eigenvalue weighted by Gasteiger charge is -2.20. The van der Waals surface area contributed by atoms with Crippen molar-refractivity contribution in [3.05, 3.63) is 34.2 Å². The van der Waals surface area contributed by atoms with Gasteiger partial charge in [-0.05, 0) is 19.1 Å². The van der Waals surface area contributed by atoms with Gasteiger partial charge in [0.05, 0.1) is 6.61 Å². The number of carbonyl (C=O) groups excluding carboxylic acids is 1. The molecular formula is C12H12ClNO2S. The van der Waals surface area contributed by atoms with E-state index in [1.165, 1.54) is 11.8 Å². The lowest BCUT2D eigenvalue weighted by molar-refractivity contribution is -0.137. The molecule has 2 rings (SSSR count). The number of hydrogen-bond donors (Lipinski definition) is 1. The molecule has 0 aromatic heterocycles. The van der Waals surface area contributed by atoms with Crippen molar-refractivity contribution in [2.24, 2.45) is 0 Å². The maximum absolute atomic E-state index is 11.5. The molecule has 0 spiro atoms. The highest BCUT2D eigenvalue weighted by Gasteiger charge is 2.20. The molecule has 1 heterocycles. The van der Waals surface area contributed by atoms with Crippen LogP contribution < -0.4 is 5.32 Å². The first-order valence-electron chi connectivity index (χ1n) is 5.29. The minimum atomic E-state index is -0.460. The van der Waals surface area contributed by atoms with E-state index in [1.807, 2.05) is 24.3 Å². The van der Waals surface area contributed by atoms with E-state index in [0.717, 1.165) is 15.5 Å². The van der Waals surface area contributed by atoms with Gasteiger partial charge in [0, 0.05) is 22.0 Å². The third-order valence-corrected chi connectivity index (χ3v) is 3.92. The zero-order valence-corrected chi connectivity index (χ0v) is 10.9. The molecule has 17 heavy (non-hydrogen) atoms. The van der Waals surface area contributed by atoms with Crippen LogP contribution in [0.15, 0.2) is 39.1 Å². The molecule has 0 radical (unpaired) electrons. The lowest BCUT2D eigenvalue weighted by atomic mass is 10.3. The number of carbonyl (C=O) groups is 1. The summed E-state index contributed by atoms with van der Waals surface area (Å²) in [5.41, 5.74) is 1.06. The van der Waals surface area contributed by atoms with E-state index < -0.39 is 5.97 Å². The Morgan fingerprint density at radius 1 is 1.53 bits per heavy atom. The molecule has 5 heteroatoms. The van der Waals surface area contributed by atoms with Crippen LogP contribution in [0.5, 0.6) is 0 Å². The largest absolute Gasteiger partial charge is 0.462 e. The maximum atomic E-state index is 11.5. The number of fused-ring (bicyclic) bond motifs is 1. The summed E-state index contributed by atoms with van der Waals surface area (Å²) < 4.78 is 4.87. The molecule has 0 atom stereocenters. The number of esters is 1. The molecule has 0 unspecified atom stereocenters. The van der Waals surface area contributed by atoms with Gasteiger partial charge >= 0.3 is 5.97 Å². The molecule has 3 nitrogen and oxygen atoms in total. The highest BCUT2D eigenvalue weighted by molar-refractivity contribution is 8.03. The van der Waals surface area contributed by atoms with E-state index in [-0.39, 0.29) is 5.03 Å². The first-order valence-corrected chi connectivity index (χ1v) is 6.48. The molecular weight excluding hydrogens is 258 g/mol. The fourth-order valence-corrected chi connectivity index (χ4v) is 2.69. The molecule has 1 aliphatic rings. The molecule has 1 aromatic carbocycles. The van der Waals surface area contributed by atoms with Crippen molar-refractivity contribution in [2.45, 2.75) is 11.8 Å². The first kappa shape index (κ1) is 12.3. The van der Waals surface area contributed by atoms with Crippen LogP contribution >= 0.6 is 23.4 Å². The highest BCUT2D eigenvalue weighted by atomic mass is 35.5. The number of rotatable bonds is 2. The van der Waals surface area contributed by atoms with Gasteiger partial charge in [0.15, 0.2) is 0 Å². The van der Waals surface area contributed by atoms with Crippen LogP contribution in [0, 0.1) is 0 Å². The monoisotopic (exact) mass is 269 g/mol. The van der Waals surface area contributed by atoms with Crippen molar-refractivity contribution in [1.82, 2.24) is 0 Å². The van der Waals surface area contributed by atoms with Gasteiger partial charge in [-0.3, -0.25) is 0 Å². The molecule has 1 N–H and O–H groups in total. The van der Waals surface area contributed by atoms with Gasteiger partial charge in [-0.1, -0.05) is 35.5 Å². The predicted octanol–water partition coefficient (Wildman–Crippen LogP) is 3.22. The fraction of sp³-hybridized carbons (Fsp3) is 0.250. The Hall–Kier alpha value is -1.13. The Morgan fingerprint density at radius 2 is 2.29 bits per heavy atom. The Labute approximate surface area is 109 Å². The van der Waals surface area contributed by atoms with Crippen molar-refractivity contribution in [3.63, 3.8) is 0 Å². The zero-order valence-electron chi connectivity index (χ0n) is 9.33. The summed E-state index contributed by atoms with van der Waals surface area (Å²) in [7, 11) is 0. The summed E-state index contributed by atoms with van der Waals surface area (Å²) in [4.78, 5) is 13.4. The summed E-state index contributed by atoms with van der Waals surface area (Å²) in [6.45, 7) is 2.64. The van der Waals surface area contributed by atoms with Gasteiger partial charge in [-0.15, -0.1) is 0 Å². The third-order valence-electron chi connectivity index (χ3n) is 2.26. The number of halogens is 1. The van der Waals surface area contributed by atoms with Crippen LogP contribution in [-0.4, -0.2) is 19.1 Å². The van der Waals surface area contributed by atoms with E-state index in [4.69, 9.17) is 16.3 Å². The van der Waals surface area contributed by atoms with E-state index in [2.05, 4.69) is 5.32 Å². The second-order valence-electron chi connectivity index (χ2n) is 3.41. The van der Waals surface area contributed by atoms with E-state index in [1.54, 1.807) is 6.92 Å². The summed E-state index contributed by atoms with van der Waals surface area (Å²) in [6.07, 6.45) is 0. The van der Waals surface area contributed by atoms with Gasteiger partial charge in [0.25, 0.3) is 0 Å². The second kappa shape index (κ2) is 5.47. The topological polar surface area (TPSA) is 38.3 Å². The van der Waals surface area contributed by atoms with Crippen LogP contribution in [0.25, 0.3) is 0 Å². The average Bonchev–Trinajstić information content (AvgIpc) is 2.37. The van der Waals surface area contributed by atoms with Gasteiger partial charge in [0.1, 0.15) is 5.03 Å². The van der Waals surface area contributed by atoms with Gasteiger partial charge in [-0.25, -0.2) is 4.79 Å². The molecule has 0 bridgehead atoms. The summed E-state index contributed by atoms with van der Waals surface area (Å²) in [5, 5.41) is 3.39. The molecule has 90 valence electrons. The second-order valence-corrected chi connectivity index (χ2v) is 4.92. The number of para-hydroxylation sites is 1. The lowest BCUT2D eigenvalue weighted by Crippen LogP contribution is -2.13. The smallest absolute Gasteiger partial charge is 0.350 e. The molecule has 0 amide bonds. The quantitative estimate of drug-likeness (QED) is 0.661.